The van der Waals surface area contributed by atoms with Gasteiger partial charge in [0.2, 0.25) is 0 Å². The number of aryl methyl sites for hydroxylation is 3. The predicted octanol–water partition coefficient (Wildman–Crippen LogP) is 2.65. The number of anilines is 3. The number of benzene rings is 1. The van der Waals surface area contributed by atoms with E-state index in [-0.39, 0.29) is 28.6 Å². The Labute approximate surface area is 221 Å². The lowest BCUT2D eigenvalue weighted by atomic mass is 10.1. The van der Waals surface area contributed by atoms with E-state index in [1.807, 2.05) is 0 Å². The minimum absolute atomic E-state index is 0.0811. The van der Waals surface area contributed by atoms with E-state index in [9.17, 15) is 24.5 Å². The van der Waals surface area contributed by atoms with E-state index in [2.05, 4.69) is 16.0 Å². The molecule has 1 aromatic carbocycles. The van der Waals surface area contributed by atoms with E-state index in [0.29, 0.717) is 22.6 Å². The van der Waals surface area contributed by atoms with Gasteiger partial charge in [0, 0.05) is 45.2 Å². The fourth-order valence-electron chi connectivity index (χ4n) is 3.99. The van der Waals surface area contributed by atoms with Crippen molar-refractivity contribution in [3.63, 3.8) is 0 Å². The molecule has 4 rings (SSSR count). The van der Waals surface area contributed by atoms with Crippen LogP contribution in [0.25, 0.3) is 0 Å². The number of nitrogens with one attached hydrogen (secondary N) is 4. The van der Waals surface area contributed by atoms with Crippen LogP contribution in [-0.2, 0) is 21.1 Å². The quantitative estimate of drug-likeness (QED) is 0.100. The summed E-state index contributed by atoms with van der Waals surface area (Å²) in [5.74, 6) is -1.72. The molecule has 0 unspecified atom stereocenters. The smallest absolute Gasteiger partial charge is 0.287 e. The second-order valence-corrected chi connectivity index (χ2v) is 8.72. The average molecular weight is 532 g/mol. The number of carbonyl (C=O) groups is 3. The number of nitrogens with two attached hydrogens (primary N) is 1. The van der Waals surface area contributed by atoms with Crippen LogP contribution in [0.4, 0.5) is 22.7 Å². The molecule has 39 heavy (non-hydrogen) atoms. The summed E-state index contributed by atoms with van der Waals surface area (Å²) in [5, 5.41) is 26.7. The maximum atomic E-state index is 13.0. The van der Waals surface area contributed by atoms with Crippen LogP contribution in [0.3, 0.4) is 0 Å². The number of hydrogen-bond acceptors (Lipinski definition) is 6. The van der Waals surface area contributed by atoms with Crippen molar-refractivity contribution in [1.29, 1.82) is 5.41 Å². The normalized spacial score (nSPS) is 10.6. The van der Waals surface area contributed by atoms with Gasteiger partial charge >= 0.3 is 0 Å². The summed E-state index contributed by atoms with van der Waals surface area (Å²) in [6.45, 7) is 0. The van der Waals surface area contributed by atoms with E-state index in [0.717, 1.165) is 6.07 Å². The molecule has 0 bridgehead atoms. The van der Waals surface area contributed by atoms with Crippen molar-refractivity contribution in [2.24, 2.45) is 26.9 Å². The Morgan fingerprint density at radius 3 is 1.74 bits per heavy atom. The number of nitrogen functional groups attached to an aromatic ring is 1. The molecule has 3 aromatic heterocycles. The highest BCUT2D eigenvalue weighted by molar-refractivity contribution is 6.10. The van der Waals surface area contributed by atoms with Crippen LogP contribution in [0.2, 0.25) is 0 Å². The third kappa shape index (κ3) is 5.53. The largest absolute Gasteiger partial charge is 0.384 e. The number of aromatic nitrogens is 3. The predicted molar refractivity (Wildman–Crippen MR) is 144 cm³/mol. The van der Waals surface area contributed by atoms with Gasteiger partial charge in [0.25, 0.3) is 23.4 Å². The summed E-state index contributed by atoms with van der Waals surface area (Å²) >= 11 is 0. The van der Waals surface area contributed by atoms with Crippen molar-refractivity contribution in [1.82, 2.24) is 13.7 Å². The molecule has 0 aliphatic carbocycles. The van der Waals surface area contributed by atoms with Crippen molar-refractivity contribution in [2.75, 3.05) is 16.0 Å². The number of para-hydroxylation sites is 1. The molecule has 0 radical (unpaired) electrons. The Balaban J connectivity index is 1.46. The van der Waals surface area contributed by atoms with Crippen molar-refractivity contribution in [3.05, 3.63) is 93.8 Å². The monoisotopic (exact) mass is 531 g/mol. The summed E-state index contributed by atoms with van der Waals surface area (Å²) in [5.41, 5.74) is 7.35. The number of rotatable bonds is 8. The molecule has 0 saturated heterocycles. The number of nitrogens with zero attached hydrogens (tertiary/aromatic N) is 4. The first-order chi connectivity index (χ1) is 18.4. The minimum atomic E-state index is -0.592. The molecule has 0 atom stereocenters. The zero-order valence-electron chi connectivity index (χ0n) is 21.2. The SMILES string of the molecule is Cn1cc(NC(=O)c2cc([N+](=O)[O-])cn2C)cc1C(=O)Nc1cc(C(=O)Nc2ccccc2C(=N)N)n(C)c1. The third-order valence-corrected chi connectivity index (χ3v) is 5.89. The third-order valence-electron chi connectivity index (χ3n) is 5.89. The second kappa shape index (κ2) is 10.4. The van der Waals surface area contributed by atoms with Crippen LogP contribution in [0.5, 0.6) is 0 Å². The molecule has 0 aliphatic rings. The highest BCUT2D eigenvalue weighted by atomic mass is 16.6. The summed E-state index contributed by atoms with van der Waals surface area (Å²) in [6.07, 6.45) is 4.33. The highest BCUT2D eigenvalue weighted by Gasteiger charge is 2.20. The van der Waals surface area contributed by atoms with Gasteiger partial charge in [-0.05, 0) is 24.3 Å². The Hall–Kier alpha value is -5.66. The van der Waals surface area contributed by atoms with Gasteiger partial charge in [-0.3, -0.25) is 29.9 Å². The van der Waals surface area contributed by atoms with Crippen LogP contribution in [0, 0.1) is 15.5 Å². The Kier molecular flexibility index (Phi) is 7.02. The fourth-order valence-corrected chi connectivity index (χ4v) is 3.99. The lowest BCUT2D eigenvalue weighted by molar-refractivity contribution is -0.384. The number of amides is 3. The average Bonchev–Trinajstić information content (AvgIpc) is 3.55. The zero-order chi connectivity index (χ0) is 28.4. The number of hydrogen-bond donors (Lipinski definition) is 5. The van der Waals surface area contributed by atoms with E-state index in [4.69, 9.17) is 11.1 Å². The van der Waals surface area contributed by atoms with Crippen LogP contribution in [0.1, 0.15) is 37.0 Å². The lowest BCUT2D eigenvalue weighted by Gasteiger charge is -2.10. The van der Waals surface area contributed by atoms with Crippen LogP contribution in [0.15, 0.2) is 61.1 Å². The molecule has 4 aromatic rings. The Morgan fingerprint density at radius 1 is 0.795 bits per heavy atom. The molecular formula is C25H25N9O5. The van der Waals surface area contributed by atoms with Gasteiger partial charge < -0.3 is 35.4 Å². The molecule has 3 amide bonds. The van der Waals surface area contributed by atoms with E-state index in [1.165, 1.54) is 45.3 Å². The minimum Gasteiger partial charge on any atom is -0.384 e. The number of amidine groups is 1. The first-order valence-electron chi connectivity index (χ1n) is 11.5. The lowest BCUT2D eigenvalue weighted by Crippen LogP contribution is -2.19. The molecule has 200 valence electrons. The standard InChI is InChI=1S/C25H25N9O5/c1-31-11-14(29-24(36)21-10-16(34(38)39)13-33(21)3)8-19(31)23(35)28-15-9-20(32(2)12-15)25(37)30-18-7-5-4-6-17(18)22(26)27/h4-13H,1-3H3,(H3,26,27)(H,28,35)(H,29,36)(H,30,37). The fraction of sp³-hybridized carbons (Fsp3) is 0.120. The molecule has 0 aliphatic heterocycles. The Morgan fingerprint density at radius 2 is 1.26 bits per heavy atom. The van der Waals surface area contributed by atoms with Crippen molar-refractivity contribution in [3.8, 4) is 0 Å². The first kappa shape index (κ1) is 26.4. The molecular weight excluding hydrogens is 506 g/mol. The van der Waals surface area contributed by atoms with Crippen molar-refractivity contribution in [2.45, 2.75) is 0 Å². The summed E-state index contributed by atoms with van der Waals surface area (Å²) in [4.78, 5) is 48.9. The van der Waals surface area contributed by atoms with Gasteiger partial charge in [0.15, 0.2) is 0 Å². The number of nitro groups is 1. The number of carbonyl (C=O) groups excluding carboxylic acids is 3. The van der Waals surface area contributed by atoms with Gasteiger partial charge in [0.1, 0.15) is 22.9 Å². The molecule has 14 heteroatoms. The first-order valence-corrected chi connectivity index (χ1v) is 11.5. The van der Waals surface area contributed by atoms with Gasteiger partial charge in [-0.2, -0.15) is 0 Å². The van der Waals surface area contributed by atoms with Gasteiger partial charge in [0.05, 0.1) is 28.2 Å². The molecule has 14 nitrogen and oxygen atoms in total. The van der Waals surface area contributed by atoms with E-state index < -0.39 is 22.6 Å². The highest BCUT2D eigenvalue weighted by Crippen LogP contribution is 2.21. The van der Waals surface area contributed by atoms with Crippen molar-refractivity contribution < 1.29 is 19.3 Å². The summed E-state index contributed by atoms with van der Waals surface area (Å²) in [7, 11) is 4.78. The molecule has 3 heterocycles. The zero-order valence-corrected chi connectivity index (χ0v) is 21.2. The van der Waals surface area contributed by atoms with Gasteiger partial charge in [-0.25, -0.2) is 0 Å². The topological polar surface area (TPSA) is 195 Å². The van der Waals surface area contributed by atoms with Crippen LogP contribution >= 0.6 is 0 Å². The van der Waals surface area contributed by atoms with E-state index in [1.54, 1.807) is 44.6 Å². The maximum Gasteiger partial charge on any atom is 0.287 e. The summed E-state index contributed by atoms with van der Waals surface area (Å²) in [6, 6.07) is 10.8. The van der Waals surface area contributed by atoms with Crippen LogP contribution < -0.4 is 21.7 Å². The molecule has 0 spiro atoms. The molecule has 0 saturated carbocycles. The molecule has 6 N–H and O–H groups in total. The van der Waals surface area contributed by atoms with Crippen LogP contribution in [-0.4, -0.2) is 42.2 Å². The second-order valence-electron chi connectivity index (χ2n) is 8.72. The van der Waals surface area contributed by atoms with E-state index >= 15 is 0 Å². The van der Waals surface area contributed by atoms with Crippen molar-refractivity contribution >= 4 is 46.3 Å². The summed E-state index contributed by atoms with van der Waals surface area (Å²) < 4.78 is 4.39. The maximum absolute atomic E-state index is 13.0. The molecule has 0 fully saturated rings. The van der Waals surface area contributed by atoms with Gasteiger partial charge in [-0.15, -0.1) is 0 Å². The van der Waals surface area contributed by atoms with Gasteiger partial charge in [-0.1, -0.05) is 12.1 Å². The Bertz CT molecular complexity index is 1640.